The molecule has 1 aliphatic carbocycles. The molecule has 1 fully saturated rings. The van der Waals surface area contributed by atoms with Gasteiger partial charge in [0.15, 0.2) is 5.96 Å². The van der Waals surface area contributed by atoms with E-state index in [1.54, 1.807) is 0 Å². The summed E-state index contributed by atoms with van der Waals surface area (Å²) in [6.07, 6.45) is 10.6. The van der Waals surface area contributed by atoms with E-state index in [0.717, 1.165) is 57.6 Å². The number of rotatable bonds is 11. The lowest BCUT2D eigenvalue weighted by atomic mass is 10.0. The summed E-state index contributed by atoms with van der Waals surface area (Å²) in [6, 6.07) is 0. The Kier molecular flexibility index (Phi) is 15.8. The Balaban J connectivity index is 0.00000441. The maximum atomic E-state index is 5.34. The molecule has 0 radical (unpaired) electrons. The number of hydrogen-bond acceptors (Lipinski definition) is 2. The third-order valence-corrected chi connectivity index (χ3v) is 4.07. The van der Waals surface area contributed by atoms with Crippen LogP contribution in [0.1, 0.15) is 65.2 Å². The first kappa shape index (κ1) is 22.0. The average molecular weight is 425 g/mol. The first-order valence-corrected chi connectivity index (χ1v) is 8.96. The summed E-state index contributed by atoms with van der Waals surface area (Å²) in [4.78, 5) is 4.67. The van der Waals surface area contributed by atoms with Gasteiger partial charge < -0.3 is 15.4 Å². The largest absolute Gasteiger partial charge is 0.382 e. The number of guanidine groups is 1. The van der Waals surface area contributed by atoms with E-state index in [4.69, 9.17) is 4.74 Å². The molecule has 0 atom stereocenters. The fourth-order valence-electron chi connectivity index (χ4n) is 2.89. The van der Waals surface area contributed by atoms with Crippen molar-refractivity contribution in [2.75, 3.05) is 32.8 Å². The molecule has 0 aromatic carbocycles. The summed E-state index contributed by atoms with van der Waals surface area (Å²) < 4.78 is 5.34. The van der Waals surface area contributed by atoms with Crippen molar-refractivity contribution in [3.8, 4) is 0 Å². The maximum Gasteiger partial charge on any atom is 0.191 e. The van der Waals surface area contributed by atoms with Crippen molar-refractivity contribution in [1.82, 2.24) is 10.6 Å². The van der Waals surface area contributed by atoms with E-state index in [2.05, 4.69) is 22.5 Å². The van der Waals surface area contributed by atoms with E-state index in [0.29, 0.717) is 0 Å². The maximum absolute atomic E-state index is 5.34. The molecule has 1 saturated carbocycles. The SMILES string of the molecule is CCNC(=NCCCC1CCCC1)NCCCCOCC.I. The highest BCUT2D eigenvalue weighted by molar-refractivity contribution is 14.0. The van der Waals surface area contributed by atoms with Gasteiger partial charge in [-0.15, -0.1) is 24.0 Å². The van der Waals surface area contributed by atoms with Gasteiger partial charge in [-0.1, -0.05) is 25.7 Å². The van der Waals surface area contributed by atoms with E-state index in [1.807, 2.05) is 6.92 Å². The molecule has 0 aromatic rings. The number of unbranched alkanes of at least 4 members (excludes halogenated alkanes) is 1. The minimum Gasteiger partial charge on any atom is -0.382 e. The van der Waals surface area contributed by atoms with Crippen LogP contribution in [-0.2, 0) is 4.74 Å². The second kappa shape index (κ2) is 15.8. The van der Waals surface area contributed by atoms with Crippen LogP contribution in [0, 0.1) is 5.92 Å². The molecule has 22 heavy (non-hydrogen) atoms. The standard InChI is InChI=1S/C17H35N3O.HI/c1-3-18-17(19-13-7-8-15-21-4-2)20-14-9-12-16-10-5-6-11-16;/h16H,3-15H2,1-2H3,(H2,18,19,20);1H. The van der Waals surface area contributed by atoms with E-state index < -0.39 is 0 Å². The number of halogens is 1. The van der Waals surface area contributed by atoms with Crippen LogP contribution < -0.4 is 10.6 Å². The summed E-state index contributed by atoms with van der Waals surface area (Å²) in [6.45, 7) is 8.69. The molecular formula is C17H36IN3O. The molecule has 2 N–H and O–H groups in total. The Bertz CT molecular complexity index is 269. The second-order valence-electron chi connectivity index (χ2n) is 5.88. The minimum absolute atomic E-state index is 0. The van der Waals surface area contributed by atoms with Gasteiger partial charge in [-0.2, -0.15) is 0 Å². The first-order chi connectivity index (χ1) is 10.4. The Labute approximate surface area is 154 Å². The number of nitrogens with one attached hydrogen (secondary N) is 2. The Morgan fingerprint density at radius 1 is 1.09 bits per heavy atom. The summed E-state index contributed by atoms with van der Waals surface area (Å²) in [7, 11) is 0. The van der Waals surface area contributed by atoms with Gasteiger partial charge in [-0.25, -0.2) is 0 Å². The van der Waals surface area contributed by atoms with Crippen LogP contribution in [0.5, 0.6) is 0 Å². The molecule has 0 spiro atoms. The minimum atomic E-state index is 0. The first-order valence-electron chi connectivity index (χ1n) is 8.96. The molecular weight excluding hydrogens is 389 g/mol. The smallest absolute Gasteiger partial charge is 0.191 e. The summed E-state index contributed by atoms with van der Waals surface area (Å²) in [5.41, 5.74) is 0. The van der Waals surface area contributed by atoms with Crippen LogP contribution in [0.15, 0.2) is 4.99 Å². The lowest BCUT2D eigenvalue weighted by Gasteiger charge is -2.12. The quantitative estimate of drug-likeness (QED) is 0.228. The number of ether oxygens (including phenoxy) is 1. The van der Waals surface area contributed by atoms with Gasteiger partial charge in [-0.05, 0) is 45.4 Å². The summed E-state index contributed by atoms with van der Waals surface area (Å²) in [5, 5.41) is 6.73. The zero-order valence-electron chi connectivity index (χ0n) is 14.5. The van der Waals surface area contributed by atoms with E-state index >= 15 is 0 Å². The predicted molar refractivity (Wildman–Crippen MR) is 106 cm³/mol. The molecule has 0 aliphatic heterocycles. The average Bonchev–Trinajstić information content (AvgIpc) is 3.00. The van der Waals surface area contributed by atoms with Gasteiger partial charge >= 0.3 is 0 Å². The highest BCUT2D eigenvalue weighted by Gasteiger charge is 2.13. The molecule has 0 aromatic heterocycles. The number of aliphatic imine (C=N–C) groups is 1. The van der Waals surface area contributed by atoms with Crippen molar-refractivity contribution in [1.29, 1.82) is 0 Å². The lowest BCUT2D eigenvalue weighted by molar-refractivity contribution is 0.143. The van der Waals surface area contributed by atoms with Gasteiger partial charge in [0.25, 0.3) is 0 Å². The molecule has 0 heterocycles. The van der Waals surface area contributed by atoms with Gasteiger partial charge in [0.05, 0.1) is 0 Å². The van der Waals surface area contributed by atoms with Crippen molar-refractivity contribution < 1.29 is 4.74 Å². The molecule has 5 heteroatoms. The van der Waals surface area contributed by atoms with Gasteiger partial charge in [0.2, 0.25) is 0 Å². The van der Waals surface area contributed by atoms with Crippen LogP contribution in [-0.4, -0.2) is 38.8 Å². The third-order valence-electron chi connectivity index (χ3n) is 4.07. The number of hydrogen-bond donors (Lipinski definition) is 2. The molecule has 1 rings (SSSR count). The summed E-state index contributed by atoms with van der Waals surface area (Å²) >= 11 is 0. The molecule has 0 unspecified atom stereocenters. The zero-order valence-corrected chi connectivity index (χ0v) is 16.9. The van der Waals surface area contributed by atoms with Crippen LogP contribution in [0.4, 0.5) is 0 Å². The highest BCUT2D eigenvalue weighted by Crippen LogP contribution is 2.28. The Morgan fingerprint density at radius 3 is 2.55 bits per heavy atom. The van der Waals surface area contributed by atoms with Crippen molar-refractivity contribution in [2.24, 2.45) is 10.9 Å². The fraction of sp³-hybridized carbons (Fsp3) is 0.941. The predicted octanol–water partition coefficient (Wildman–Crippen LogP) is 3.95. The molecule has 0 amide bonds. The molecule has 132 valence electrons. The fourth-order valence-corrected chi connectivity index (χ4v) is 2.89. The number of nitrogens with zero attached hydrogens (tertiary/aromatic N) is 1. The van der Waals surface area contributed by atoms with Gasteiger partial charge in [0, 0.05) is 32.8 Å². The zero-order chi connectivity index (χ0) is 15.2. The van der Waals surface area contributed by atoms with Crippen molar-refractivity contribution >= 4 is 29.9 Å². The van der Waals surface area contributed by atoms with E-state index in [-0.39, 0.29) is 24.0 Å². The van der Waals surface area contributed by atoms with Crippen LogP contribution in [0.2, 0.25) is 0 Å². The molecule has 0 bridgehead atoms. The third kappa shape index (κ3) is 11.5. The Morgan fingerprint density at radius 2 is 1.86 bits per heavy atom. The van der Waals surface area contributed by atoms with Gasteiger partial charge in [-0.3, -0.25) is 4.99 Å². The van der Waals surface area contributed by atoms with E-state index in [9.17, 15) is 0 Å². The van der Waals surface area contributed by atoms with Crippen LogP contribution in [0.3, 0.4) is 0 Å². The van der Waals surface area contributed by atoms with Crippen LogP contribution in [0.25, 0.3) is 0 Å². The molecule has 4 nitrogen and oxygen atoms in total. The van der Waals surface area contributed by atoms with E-state index in [1.165, 1.54) is 38.5 Å². The van der Waals surface area contributed by atoms with Crippen molar-refractivity contribution in [2.45, 2.75) is 65.2 Å². The monoisotopic (exact) mass is 425 g/mol. The lowest BCUT2D eigenvalue weighted by Crippen LogP contribution is -2.38. The topological polar surface area (TPSA) is 45.7 Å². The normalized spacial score (nSPS) is 15.6. The molecule has 0 saturated heterocycles. The van der Waals surface area contributed by atoms with Crippen molar-refractivity contribution in [3.63, 3.8) is 0 Å². The van der Waals surface area contributed by atoms with Crippen LogP contribution >= 0.6 is 24.0 Å². The second-order valence-corrected chi connectivity index (χ2v) is 5.88. The summed E-state index contributed by atoms with van der Waals surface area (Å²) in [5.74, 6) is 1.95. The van der Waals surface area contributed by atoms with Crippen molar-refractivity contribution in [3.05, 3.63) is 0 Å². The molecule has 1 aliphatic rings. The highest BCUT2D eigenvalue weighted by atomic mass is 127. The Hall–Kier alpha value is -0.0400. The van der Waals surface area contributed by atoms with Gasteiger partial charge in [0.1, 0.15) is 0 Å².